The van der Waals surface area contributed by atoms with E-state index < -0.39 is 0 Å². The molecule has 2 aromatic carbocycles. The lowest BCUT2D eigenvalue weighted by molar-refractivity contribution is 0.0304. The Morgan fingerprint density at radius 2 is 1.79 bits per heavy atom. The highest BCUT2D eigenvalue weighted by atomic mass is 16.5. The van der Waals surface area contributed by atoms with Crippen LogP contribution in [0.4, 0.5) is 0 Å². The van der Waals surface area contributed by atoms with E-state index >= 15 is 0 Å². The van der Waals surface area contributed by atoms with Gasteiger partial charge in [0.15, 0.2) is 0 Å². The minimum Gasteiger partial charge on any atom is -0.378 e. The molecule has 0 bridgehead atoms. The topological polar surface area (TPSA) is 64.4 Å². The van der Waals surface area contributed by atoms with E-state index in [1.54, 1.807) is 0 Å². The van der Waals surface area contributed by atoms with Gasteiger partial charge < -0.3 is 14.2 Å². The average molecular weight is 440 g/mol. The lowest BCUT2D eigenvalue weighted by Gasteiger charge is -2.27. The van der Waals surface area contributed by atoms with E-state index in [4.69, 9.17) is 4.74 Å². The summed E-state index contributed by atoms with van der Waals surface area (Å²) in [7, 11) is 0. The standard InChI is InChI=1S/C27H25N3O3/c1-19-7-9-21(10-8-19)26(31)25-6-3-11-30(25)18-20-16-23-22(4-2-5-24(23)28-17-20)27(32)29-12-14-33-15-13-29/h2-11,16-17H,12-15,18H2,1H3. The van der Waals surface area contributed by atoms with Crippen molar-refractivity contribution < 1.29 is 14.3 Å². The van der Waals surface area contributed by atoms with Gasteiger partial charge in [0.05, 0.1) is 24.4 Å². The summed E-state index contributed by atoms with van der Waals surface area (Å²) < 4.78 is 7.31. The van der Waals surface area contributed by atoms with Crippen LogP contribution in [0.25, 0.3) is 10.9 Å². The quantitative estimate of drug-likeness (QED) is 0.439. The smallest absolute Gasteiger partial charge is 0.254 e. The molecule has 166 valence electrons. The third-order valence-electron chi connectivity index (χ3n) is 6.04. The SMILES string of the molecule is Cc1ccc(C(=O)c2cccn2Cc2cnc3cccc(C(=O)N4CCOCC4)c3c2)cc1. The molecule has 1 saturated heterocycles. The van der Waals surface area contributed by atoms with Crippen LogP contribution in [0.15, 0.2) is 73.1 Å². The van der Waals surface area contributed by atoms with Crippen molar-refractivity contribution >= 4 is 22.6 Å². The molecule has 0 spiro atoms. The predicted octanol–water partition coefficient (Wildman–Crippen LogP) is 4.10. The average Bonchev–Trinajstić information content (AvgIpc) is 3.32. The van der Waals surface area contributed by atoms with Crippen molar-refractivity contribution in [2.45, 2.75) is 13.5 Å². The Bertz CT molecular complexity index is 1320. The summed E-state index contributed by atoms with van der Waals surface area (Å²) >= 11 is 0. The van der Waals surface area contributed by atoms with Crippen LogP contribution in [0.3, 0.4) is 0 Å². The number of fused-ring (bicyclic) bond motifs is 1. The first-order chi connectivity index (χ1) is 16.1. The normalized spacial score (nSPS) is 13.9. The Labute approximate surface area is 192 Å². The summed E-state index contributed by atoms with van der Waals surface area (Å²) in [5.74, 6) is -0.0176. The number of rotatable bonds is 5. The van der Waals surface area contributed by atoms with Crippen molar-refractivity contribution in [2.24, 2.45) is 0 Å². The number of nitrogens with zero attached hydrogens (tertiary/aromatic N) is 3. The van der Waals surface area contributed by atoms with E-state index in [0.717, 1.165) is 22.0 Å². The predicted molar refractivity (Wildman–Crippen MR) is 127 cm³/mol. The molecule has 4 aromatic rings. The fraction of sp³-hybridized carbons (Fsp3) is 0.222. The molecule has 0 aliphatic carbocycles. The Morgan fingerprint density at radius 3 is 2.58 bits per heavy atom. The van der Waals surface area contributed by atoms with Gasteiger partial charge in [-0.05, 0) is 42.8 Å². The first-order valence-electron chi connectivity index (χ1n) is 11.1. The molecule has 1 amide bonds. The number of morpholine rings is 1. The molecule has 2 aromatic heterocycles. The van der Waals surface area contributed by atoms with Crippen molar-refractivity contribution in [1.82, 2.24) is 14.5 Å². The van der Waals surface area contributed by atoms with E-state index in [9.17, 15) is 9.59 Å². The van der Waals surface area contributed by atoms with E-state index in [1.165, 1.54) is 0 Å². The van der Waals surface area contributed by atoms with Crippen LogP contribution in [0, 0.1) is 6.92 Å². The van der Waals surface area contributed by atoms with Gasteiger partial charge >= 0.3 is 0 Å². The van der Waals surface area contributed by atoms with Gasteiger partial charge in [0.25, 0.3) is 5.91 Å². The van der Waals surface area contributed by atoms with Crippen LogP contribution in [-0.2, 0) is 11.3 Å². The Kier molecular flexibility index (Phi) is 5.75. The molecular weight excluding hydrogens is 414 g/mol. The Balaban J connectivity index is 1.45. The number of ketones is 1. The molecule has 6 nitrogen and oxygen atoms in total. The highest BCUT2D eigenvalue weighted by molar-refractivity contribution is 6.08. The third-order valence-corrected chi connectivity index (χ3v) is 6.04. The van der Waals surface area contributed by atoms with Gasteiger partial charge in [-0.15, -0.1) is 0 Å². The molecule has 5 rings (SSSR count). The highest BCUT2D eigenvalue weighted by Crippen LogP contribution is 2.22. The zero-order valence-electron chi connectivity index (χ0n) is 18.5. The second kappa shape index (κ2) is 9.00. The molecule has 0 atom stereocenters. The van der Waals surface area contributed by atoms with E-state index in [2.05, 4.69) is 4.98 Å². The second-order valence-electron chi connectivity index (χ2n) is 8.34. The number of aromatic nitrogens is 2. The first-order valence-corrected chi connectivity index (χ1v) is 11.1. The second-order valence-corrected chi connectivity index (χ2v) is 8.34. The number of ether oxygens (including phenoxy) is 1. The summed E-state index contributed by atoms with van der Waals surface area (Å²) in [5, 5.41) is 0.824. The number of benzene rings is 2. The molecule has 1 aliphatic rings. The first kappa shape index (κ1) is 21.1. The summed E-state index contributed by atoms with van der Waals surface area (Å²) in [6.07, 6.45) is 3.71. The highest BCUT2D eigenvalue weighted by Gasteiger charge is 2.21. The lowest BCUT2D eigenvalue weighted by Crippen LogP contribution is -2.40. The van der Waals surface area contributed by atoms with Crippen LogP contribution in [-0.4, -0.2) is 52.4 Å². The van der Waals surface area contributed by atoms with Gasteiger partial charge in [-0.1, -0.05) is 35.9 Å². The van der Waals surface area contributed by atoms with Crippen molar-refractivity contribution in [3.63, 3.8) is 0 Å². The van der Waals surface area contributed by atoms with Crippen LogP contribution >= 0.6 is 0 Å². The maximum atomic E-state index is 13.2. The number of aryl methyl sites for hydroxylation is 1. The van der Waals surface area contributed by atoms with Crippen LogP contribution in [0.5, 0.6) is 0 Å². The van der Waals surface area contributed by atoms with Crippen molar-refractivity contribution in [3.8, 4) is 0 Å². The van der Waals surface area contributed by atoms with Gasteiger partial charge in [-0.2, -0.15) is 0 Å². The van der Waals surface area contributed by atoms with E-state index in [0.29, 0.717) is 49.7 Å². The zero-order valence-corrected chi connectivity index (χ0v) is 18.5. The van der Waals surface area contributed by atoms with Gasteiger partial charge in [-0.25, -0.2) is 0 Å². The zero-order chi connectivity index (χ0) is 22.8. The minimum absolute atomic E-state index is 0.000878. The van der Waals surface area contributed by atoms with Gasteiger partial charge in [0.1, 0.15) is 0 Å². The van der Waals surface area contributed by atoms with Gasteiger partial charge in [0.2, 0.25) is 5.78 Å². The van der Waals surface area contributed by atoms with Crippen molar-refractivity contribution in [3.05, 3.63) is 101 Å². The number of hydrogen-bond acceptors (Lipinski definition) is 4. The Hall–Kier alpha value is -3.77. The molecule has 33 heavy (non-hydrogen) atoms. The van der Waals surface area contributed by atoms with Crippen LogP contribution in [0.2, 0.25) is 0 Å². The molecular formula is C27H25N3O3. The largest absolute Gasteiger partial charge is 0.378 e. The molecule has 0 N–H and O–H groups in total. The number of amides is 1. The van der Waals surface area contributed by atoms with Crippen LogP contribution in [0.1, 0.15) is 37.5 Å². The molecule has 3 heterocycles. The number of pyridine rings is 1. The monoisotopic (exact) mass is 439 g/mol. The molecule has 0 unspecified atom stereocenters. The fourth-order valence-electron chi connectivity index (χ4n) is 4.21. The minimum atomic E-state index is -0.0167. The molecule has 6 heteroatoms. The Morgan fingerprint density at radius 1 is 1.00 bits per heavy atom. The molecule has 0 saturated carbocycles. The summed E-state index contributed by atoms with van der Waals surface area (Å²) in [6, 6.07) is 19.0. The molecule has 1 aliphatic heterocycles. The summed E-state index contributed by atoms with van der Waals surface area (Å²) in [6.45, 7) is 4.80. The summed E-state index contributed by atoms with van der Waals surface area (Å²) in [4.78, 5) is 32.6. The maximum Gasteiger partial charge on any atom is 0.254 e. The van der Waals surface area contributed by atoms with E-state index in [1.807, 2.05) is 89.4 Å². The third kappa shape index (κ3) is 4.30. The number of carbonyl (C=O) groups is 2. The molecule has 1 fully saturated rings. The number of carbonyl (C=O) groups excluding carboxylic acids is 2. The summed E-state index contributed by atoms with van der Waals surface area (Å²) in [5.41, 5.74) is 4.76. The van der Waals surface area contributed by atoms with Crippen molar-refractivity contribution in [2.75, 3.05) is 26.3 Å². The fourth-order valence-corrected chi connectivity index (χ4v) is 4.21. The lowest BCUT2D eigenvalue weighted by atomic mass is 10.0. The molecule has 0 radical (unpaired) electrons. The maximum absolute atomic E-state index is 13.2. The van der Waals surface area contributed by atoms with Gasteiger partial charge in [-0.3, -0.25) is 14.6 Å². The van der Waals surface area contributed by atoms with Crippen molar-refractivity contribution in [1.29, 1.82) is 0 Å². The van der Waals surface area contributed by atoms with Gasteiger partial charge in [0, 0.05) is 48.5 Å². The van der Waals surface area contributed by atoms with Crippen LogP contribution < -0.4 is 0 Å². The number of hydrogen-bond donors (Lipinski definition) is 0. The van der Waals surface area contributed by atoms with E-state index in [-0.39, 0.29) is 11.7 Å².